The number of hydrogen-bond donors (Lipinski definition) is 0. The van der Waals surface area contributed by atoms with Crippen LogP contribution in [0, 0.1) is 5.41 Å². The van der Waals surface area contributed by atoms with Crippen LogP contribution >= 0.6 is 0 Å². The second kappa shape index (κ2) is 7.94. The van der Waals surface area contributed by atoms with Crippen molar-refractivity contribution < 1.29 is 9.53 Å². The maximum absolute atomic E-state index is 12.4. The molecular formula is C25H38N2O2. The topological polar surface area (TPSA) is 32.8 Å². The molecule has 4 heteroatoms. The molecule has 1 amide bonds. The van der Waals surface area contributed by atoms with Gasteiger partial charge in [0.25, 0.3) is 0 Å². The third-order valence-corrected chi connectivity index (χ3v) is 7.37. The zero-order valence-corrected chi connectivity index (χ0v) is 18.7. The molecule has 3 fully saturated rings. The summed E-state index contributed by atoms with van der Waals surface area (Å²) >= 11 is 0. The molecule has 2 saturated heterocycles. The van der Waals surface area contributed by atoms with Crippen molar-refractivity contribution in [3.05, 3.63) is 35.4 Å². The van der Waals surface area contributed by atoms with E-state index in [0.717, 1.165) is 38.4 Å². The maximum Gasteiger partial charge on any atom is 0.410 e. The standard InChI is InChI=1S/C25H38N2O2/c1-5-19-9-6-7-10-21(19)22-11-8-14-27(22)20-17-25(18-20)12-15-26(16-13-25)23(28)29-24(2,3)4/h6-7,9-10,20,22H,5,8,11-18H2,1-4H3/t22-/m0/s1. The van der Waals surface area contributed by atoms with E-state index in [9.17, 15) is 4.79 Å². The molecule has 0 radical (unpaired) electrons. The van der Waals surface area contributed by atoms with Gasteiger partial charge >= 0.3 is 6.09 Å². The molecule has 2 aliphatic heterocycles. The van der Waals surface area contributed by atoms with E-state index in [2.05, 4.69) is 36.1 Å². The van der Waals surface area contributed by atoms with E-state index in [1.165, 1.54) is 37.8 Å². The molecule has 1 aromatic carbocycles. The Morgan fingerprint density at radius 2 is 1.83 bits per heavy atom. The highest BCUT2D eigenvalue weighted by Gasteiger charge is 2.50. The van der Waals surface area contributed by atoms with E-state index in [1.807, 2.05) is 25.7 Å². The molecule has 0 N–H and O–H groups in total. The maximum atomic E-state index is 12.4. The van der Waals surface area contributed by atoms with Gasteiger partial charge in [0.15, 0.2) is 0 Å². The summed E-state index contributed by atoms with van der Waals surface area (Å²) in [7, 11) is 0. The highest BCUT2D eigenvalue weighted by Crippen LogP contribution is 2.53. The molecule has 0 unspecified atom stereocenters. The fourth-order valence-corrected chi connectivity index (χ4v) is 5.81. The fourth-order valence-electron chi connectivity index (χ4n) is 5.81. The predicted octanol–water partition coefficient (Wildman–Crippen LogP) is 5.57. The van der Waals surface area contributed by atoms with Crippen molar-refractivity contribution >= 4 is 6.09 Å². The number of amides is 1. The molecule has 2 heterocycles. The Balaban J connectivity index is 1.33. The fraction of sp³-hybridized carbons (Fsp3) is 0.720. The summed E-state index contributed by atoms with van der Waals surface area (Å²) in [6.45, 7) is 11.0. The van der Waals surface area contributed by atoms with Gasteiger partial charge in [0, 0.05) is 25.2 Å². The lowest BCUT2D eigenvalue weighted by Crippen LogP contribution is -2.55. The summed E-state index contributed by atoms with van der Waals surface area (Å²) in [5.41, 5.74) is 3.13. The van der Waals surface area contributed by atoms with Gasteiger partial charge in [0.2, 0.25) is 0 Å². The quantitative estimate of drug-likeness (QED) is 0.668. The van der Waals surface area contributed by atoms with Gasteiger partial charge in [-0.2, -0.15) is 0 Å². The molecule has 1 spiro atoms. The molecule has 0 bridgehead atoms. The molecule has 29 heavy (non-hydrogen) atoms. The van der Waals surface area contributed by atoms with Gasteiger partial charge in [0.1, 0.15) is 5.60 Å². The number of ether oxygens (including phenoxy) is 1. The minimum Gasteiger partial charge on any atom is -0.444 e. The van der Waals surface area contributed by atoms with Crippen LogP contribution in [-0.4, -0.2) is 47.2 Å². The van der Waals surface area contributed by atoms with Crippen LogP contribution in [0.5, 0.6) is 0 Å². The van der Waals surface area contributed by atoms with Crippen molar-refractivity contribution in [2.75, 3.05) is 19.6 Å². The average molecular weight is 399 g/mol. The SMILES string of the molecule is CCc1ccccc1[C@@H]1CCCN1C1CC2(CCN(C(=O)OC(C)(C)C)CC2)C1. The summed E-state index contributed by atoms with van der Waals surface area (Å²) in [5, 5.41) is 0. The first-order valence-electron chi connectivity index (χ1n) is 11.6. The summed E-state index contributed by atoms with van der Waals surface area (Å²) < 4.78 is 5.56. The molecule has 3 aliphatic rings. The van der Waals surface area contributed by atoms with Crippen molar-refractivity contribution in [1.82, 2.24) is 9.80 Å². The largest absolute Gasteiger partial charge is 0.444 e. The lowest BCUT2D eigenvalue weighted by molar-refractivity contribution is -0.0516. The zero-order chi connectivity index (χ0) is 20.6. The highest BCUT2D eigenvalue weighted by molar-refractivity contribution is 5.68. The first-order chi connectivity index (χ1) is 13.8. The molecule has 1 atom stereocenters. The van der Waals surface area contributed by atoms with E-state index in [1.54, 1.807) is 5.56 Å². The molecule has 0 aromatic heterocycles. The van der Waals surface area contributed by atoms with Crippen LogP contribution in [0.2, 0.25) is 0 Å². The van der Waals surface area contributed by atoms with Gasteiger partial charge in [-0.25, -0.2) is 4.79 Å². The Labute approximate surface area is 176 Å². The number of aryl methyl sites for hydroxylation is 1. The van der Waals surface area contributed by atoms with Crippen LogP contribution in [0.1, 0.15) is 83.4 Å². The smallest absolute Gasteiger partial charge is 0.410 e. The lowest BCUT2D eigenvalue weighted by atomic mass is 9.60. The second-order valence-electron chi connectivity index (χ2n) is 10.5. The Bertz CT molecular complexity index is 723. The number of benzene rings is 1. The first-order valence-corrected chi connectivity index (χ1v) is 11.6. The van der Waals surface area contributed by atoms with Crippen LogP contribution in [0.3, 0.4) is 0 Å². The van der Waals surface area contributed by atoms with Gasteiger partial charge in [-0.3, -0.25) is 4.90 Å². The monoisotopic (exact) mass is 398 g/mol. The van der Waals surface area contributed by atoms with Gasteiger partial charge in [-0.1, -0.05) is 31.2 Å². The van der Waals surface area contributed by atoms with E-state index in [4.69, 9.17) is 4.74 Å². The average Bonchev–Trinajstić information content (AvgIpc) is 3.14. The Hall–Kier alpha value is -1.55. The number of likely N-dealkylation sites (tertiary alicyclic amines) is 2. The Kier molecular flexibility index (Phi) is 5.67. The normalized spacial score (nSPS) is 25.2. The third kappa shape index (κ3) is 4.33. The van der Waals surface area contributed by atoms with Gasteiger partial charge in [-0.15, -0.1) is 0 Å². The second-order valence-corrected chi connectivity index (χ2v) is 10.5. The van der Waals surface area contributed by atoms with Gasteiger partial charge < -0.3 is 9.64 Å². The number of nitrogens with zero attached hydrogens (tertiary/aromatic N) is 2. The van der Waals surface area contributed by atoms with Crippen molar-refractivity contribution in [2.45, 2.75) is 90.3 Å². The van der Waals surface area contributed by atoms with Crippen molar-refractivity contribution in [1.29, 1.82) is 0 Å². The van der Waals surface area contributed by atoms with Crippen molar-refractivity contribution in [2.24, 2.45) is 5.41 Å². The summed E-state index contributed by atoms with van der Waals surface area (Å²) in [6, 6.07) is 10.4. The Morgan fingerprint density at radius 3 is 2.48 bits per heavy atom. The van der Waals surface area contributed by atoms with Crippen molar-refractivity contribution in [3.63, 3.8) is 0 Å². The highest BCUT2D eigenvalue weighted by atomic mass is 16.6. The van der Waals surface area contributed by atoms with Crippen LogP contribution in [0.25, 0.3) is 0 Å². The number of carbonyl (C=O) groups excluding carboxylic acids is 1. The minimum absolute atomic E-state index is 0.140. The molecular weight excluding hydrogens is 360 g/mol. The number of carbonyl (C=O) groups is 1. The number of hydrogen-bond acceptors (Lipinski definition) is 3. The summed E-state index contributed by atoms with van der Waals surface area (Å²) in [6.07, 6.45) is 8.47. The van der Waals surface area contributed by atoms with Gasteiger partial charge in [-0.05, 0) is 88.8 Å². The molecule has 1 saturated carbocycles. The number of rotatable bonds is 3. The lowest BCUT2D eigenvalue weighted by Gasteiger charge is -2.55. The summed E-state index contributed by atoms with van der Waals surface area (Å²) in [5.74, 6) is 0. The molecule has 1 aromatic rings. The van der Waals surface area contributed by atoms with Crippen LogP contribution in [-0.2, 0) is 11.2 Å². The predicted molar refractivity (Wildman–Crippen MR) is 117 cm³/mol. The van der Waals surface area contributed by atoms with Crippen LogP contribution in [0.15, 0.2) is 24.3 Å². The molecule has 4 nitrogen and oxygen atoms in total. The molecule has 160 valence electrons. The van der Waals surface area contributed by atoms with E-state index in [0.29, 0.717) is 11.5 Å². The van der Waals surface area contributed by atoms with Crippen LogP contribution in [0.4, 0.5) is 4.79 Å². The Morgan fingerprint density at radius 1 is 1.14 bits per heavy atom. The minimum atomic E-state index is -0.409. The van der Waals surface area contributed by atoms with Gasteiger partial charge in [0.05, 0.1) is 0 Å². The van der Waals surface area contributed by atoms with E-state index < -0.39 is 5.60 Å². The third-order valence-electron chi connectivity index (χ3n) is 7.37. The molecule has 1 aliphatic carbocycles. The van der Waals surface area contributed by atoms with Crippen LogP contribution < -0.4 is 0 Å². The zero-order valence-electron chi connectivity index (χ0n) is 18.7. The van der Waals surface area contributed by atoms with E-state index >= 15 is 0 Å². The first kappa shape index (κ1) is 20.7. The van der Waals surface area contributed by atoms with E-state index in [-0.39, 0.29) is 6.09 Å². The summed E-state index contributed by atoms with van der Waals surface area (Å²) in [4.78, 5) is 17.1. The molecule has 4 rings (SSSR count). The van der Waals surface area contributed by atoms with Crippen molar-refractivity contribution in [3.8, 4) is 0 Å². The number of piperidine rings is 1.